The smallest absolute Gasteiger partial charge is 0.289 e. The van der Waals surface area contributed by atoms with Crippen LogP contribution >= 0.6 is 0 Å². The summed E-state index contributed by atoms with van der Waals surface area (Å²) >= 11 is 0. The highest BCUT2D eigenvalue weighted by Crippen LogP contribution is 2.32. The minimum atomic E-state index is -0.324. The zero-order chi connectivity index (χ0) is 19.3. The highest BCUT2D eigenvalue weighted by Gasteiger charge is 2.28. The number of carbonyl (C=O) groups is 1. The summed E-state index contributed by atoms with van der Waals surface area (Å²) in [6.45, 7) is 3.18. The first kappa shape index (κ1) is 17.0. The lowest BCUT2D eigenvalue weighted by molar-refractivity contribution is 0.0681. The highest BCUT2D eigenvalue weighted by molar-refractivity contribution is 5.99. The van der Waals surface area contributed by atoms with Crippen LogP contribution < -0.4 is 0 Å². The first-order chi connectivity index (χ1) is 13.6. The van der Waals surface area contributed by atoms with Gasteiger partial charge in [-0.15, -0.1) is 0 Å². The molecule has 2 aromatic carbocycles. The molecular weight excluding hydrogens is 355 g/mol. The number of aromatic nitrogens is 1. The molecule has 1 N–H and O–H groups in total. The average molecular weight is 376 g/mol. The van der Waals surface area contributed by atoms with E-state index in [1.54, 1.807) is 6.07 Å². The maximum atomic E-state index is 13.5. The SMILES string of the molecule is Cc1c(C(=O)N2CCC(c3cc4ccccc4[nH]3)CC2)oc2ccc(F)cc12. The molecule has 0 bridgehead atoms. The number of carbonyl (C=O) groups excluding carboxylic acids is 1. The number of para-hydroxylation sites is 1. The maximum Gasteiger partial charge on any atom is 0.289 e. The zero-order valence-corrected chi connectivity index (χ0v) is 15.7. The monoisotopic (exact) mass is 376 g/mol. The van der Waals surface area contributed by atoms with Crippen molar-refractivity contribution in [3.8, 4) is 0 Å². The predicted molar refractivity (Wildman–Crippen MR) is 107 cm³/mol. The van der Waals surface area contributed by atoms with E-state index in [2.05, 4.69) is 23.2 Å². The number of aryl methyl sites for hydroxylation is 1. The molecule has 0 spiro atoms. The average Bonchev–Trinajstić information content (AvgIpc) is 3.29. The summed E-state index contributed by atoms with van der Waals surface area (Å²) in [5.74, 6) is 0.311. The Hall–Kier alpha value is -3.08. The lowest BCUT2D eigenvalue weighted by atomic mass is 9.93. The van der Waals surface area contributed by atoms with Gasteiger partial charge in [0.15, 0.2) is 5.76 Å². The van der Waals surface area contributed by atoms with Gasteiger partial charge in [0, 0.05) is 41.2 Å². The summed E-state index contributed by atoms with van der Waals surface area (Å²) in [4.78, 5) is 18.4. The molecule has 0 atom stereocenters. The fourth-order valence-electron chi connectivity index (χ4n) is 4.25. The van der Waals surface area contributed by atoms with Crippen molar-refractivity contribution < 1.29 is 13.6 Å². The molecule has 4 aromatic rings. The van der Waals surface area contributed by atoms with Gasteiger partial charge in [-0.1, -0.05) is 18.2 Å². The standard InChI is InChI=1S/C23H21FN2O2/c1-14-18-13-17(24)6-7-21(18)28-22(14)23(27)26-10-8-15(9-11-26)20-12-16-4-2-3-5-19(16)25-20/h2-7,12-13,15,25H,8-11H2,1H3. The molecule has 3 heterocycles. The van der Waals surface area contributed by atoms with E-state index in [0.717, 1.165) is 18.4 Å². The molecule has 1 aliphatic rings. The van der Waals surface area contributed by atoms with E-state index >= 15 is 0 Å². The summed E-state index contributed by atoms with van der Waals surface area (Å²) in [6.07, 6.45) is 1.82. The summed E-state index contributed by atoms with van der Waals surface area (Å²) in [5.41, 5.74) is 3.65. The molecular formula is C23H21FN2O2. The van der Waals surface area contributed by atoms with Crippen LogP contribution in [0.3, 0.4) is 0 Å². The fourth-order valence-corrected chi connectivity index (χ4v) is 4.25. The van der Waals surface area contributed by atoms with Gasteiger partial charge in [0.05, 0.1) is 0 Å². The topological polar surface area (TPSA) is 49.2 Å². The van der Waals surface area contributed by atoms with Crippen LogP contribution in [0.2, 0.25) is 0 Å². The van der Waals surface area contributed by atoms with E-state index in [0.29, 0.717) is 41.3 Å². The second-order valence-electron chi connectivity index (χ2n) is 7.58. The van der Waals surface area contributed by atoms with Crippen molar-refractivity contribution in [1.82, 2.24) is 9.88 Å². The van der Waals surface area contributed by atoms with E-state index in [1.165, 1.54) is 23.2 Å². The Labute approximate surface area is 161 Å². The van der Waals surface area contributed by atoms with Gasteiger partial charge in [0.1, 0.15) is 11.4 Å². The Kier molecular flexibility index (Phi) is 3.97. The maximum absolute atomic E-state index is 13.5. The van der Waals surface area contributed by atoms with Gasteiger partial charge >= 0.3 is 0 Å². The second-order valence-corrected chi connectivity index (χ2v) is 7.58. The molecule has 1 saturated heterocycles. The van der Waals surface area contributed by atoms with E-state index in [1.807, 2.05) is 24.0 Å². The van der Waals surface area contributed by atoms with Gasteiger partial charge in [-0.25, -0.2) is 4.39 Å². The fraction of sp³-hybridized carbons (Fsp3) is 0.261. The molecule has 5 rings (SSSR count). The van der Waals surface area contributed by atoms with Crippen molar-refractivity contribution in [1.29, 1.82) is 0 Å². The number of amides is 1. The molecule has 1 fully saturated rings. The lowest BCUT2D eigenvalue weighted by Crippen LogP contribution is -2.38. The summed E-state index contributed by atoms with van der Waals surface area (Å²) in [7, 11) is 0. The lowest BCUT2D eigenvalue weighted by Gasteiger charge is -2.31. The van der Waals surface area contributed by atoms with Crippen LogP contribution in [0.25, 0.3) is 21.9 Å². The Morgan fingerprint density at radius 1 is 1.14 bits per heavy atom. The van der Waals surface area contributed by atoms with E-state index in [4.69, 9.17) is 4.42 Å². The van der Waals surface area contributed by atoms with Gasteiger partial charge in [0.2, 0.25) is 0 Å². The summed E-state index contributed by atoms with van der Waals surface area (Å²) in [6, 6.07) is 14.9. The van der Waals surface area contributed by atoms with Crippen molar-refractivity contribution in [3.05, 3.63) is 71.4 Å². The number of benzene rings is 2. The number of hydrogen-bond donors (Lipinski definition) is 1. The number of fused-ring (bicyclic) bond motifs is 2. The second kappa shape index (κ2) is 6.51. The molecule has 4 nitrogen and oxygen atoms in total. The number of furan rings is 1. The van der Waals surface area contributed by atoms with Gasteiger partial charge in [-0.05, 0) is 55.5 Å². The van der Waals surface area contributed by atoms with E-state index in [-0.39, 0.29) is 11.7 Å². The number of H-pyrrole nitrogens is 1. The normalized spacial score (nSPS) is 15.6. The third kappa shape index (κ3) is 2.78. The molecule has 0 saturated carbocycles. The number of aromatic amines is 1. The third-order valence-electron chi connectivity index (χ3n) is 5.87. The van der Waals surface area contributed by atoms with Crippen LogP contribution in [0, 0.1) is 12.7 Å². The molecule has 0 unspecified atom stereocenters. The van der Waals surface area contributed by atoms with Crippen LogP contribution in [-0.2, 0) is 0 Å². The predicted octanol–water partition coefficient (Wildman–Crippen LogP) is 5.38. The molecule has 142 valence electrons. The van der Waals surface area contributed by atoms with Crippen LogP contribution in [0.5, 0.6) is 0 Å². The first-order valence-corrected chi connectivity index (χ1v) is 9.66. The Morgan fingerprint density at radius 2 is 1.93 bits per heavy atom. The molecule has 5 heteroatoms. The van der Waals surface area contributed by atoms with Crippen LogP contribution in [0.1, 0.15) is 40.6 Å². The summed E-state index contributed by atoms with van der Waals surface area (Å²) in [5, 5.41) is 1.89. The van der Waals surface area contributed by atoms with Gasteiger partial charge < -0.3 is 14.3 Å². The van der Waals surface area contributed by atoms with Crippen molar-refractivity contribution in [3.63, 3.8) is 0 Å². The number of nitrogens with one attached hydrogen (secondary N) is 1. The Morgan fingerprint density at radius 3 is 2.71 bits per heavy atom. The Balaban J connectivity index is 1.34. The van der Waals surface area contributed by atoms with Crippen LogP contribution in [0.15, 0.2) is 52.9 Å². The zero-order valence-electron chi connectivity index (χ0n) is 15.7. The molecule has 0 radical (unpaired) electrons. The van der Waals surface area contributed by atoms with Gasteiger partial charge in [0.25, 0.3) is 5.91 Å². The van der Waals surface area contributed by atoms with E-state index in [9.17, 15) is 9.18 Å². The van der Waals surface area contributed by atoms with Crippen molar-refractivity contribution in [2.45, 2.75) is 25.7 Å². The van der Waals surface area contributed by atoms with Crippen LogP contribution in [-0.4, -0.2) is 28.9 Å². The highest BCUT2D eigenvalue weighted by atomic mass is 19.1. The molecule has 1 amide bonds. The molecule has 1 aliphatic heterocycles. The first-order valence-electron chi connectivity index (χ1n) is 9.66. The largest absolute Gasteiger partial charge is 0.451 e. The molecule has 0 aliphatic carbocycles. The Bertz CT molecular complexity index is 1150. The number of likely N-dealkylation sites (tertiary alicyclic amines) is 1. The van der Waals surface area contributed by atoms with Crippen molar-refractivity contribution >= 4 is 27.8 Å². The number of nitrogens with zero attached hydrogens (tertiary/aromatic N) is 1. The number of hydrogen-bond acceptors (Lipinski definition) is 2. The van der Waals surface area contributed by atoms with Gasteiger partial charge in [-0.2, -0.15) is 0 Å². The number of halogens is 1. The molecule has 28 heavy (non-hydrogen) atoms. The quantitative estimate of drug-likeness (QED) is 0.510. The minimum Gasteiger partial charge on any atom is -0.451 e. The third-order valence-corrected chi connectivity index (χ3v) is 5.87. The van der Waals surface area contributed by atoms with Gasteiger partial charge in [-0.3, -0.25) is 4.79 Å². The van der Waals surface area contributed by atoms with E-state index < -0.39 is 0 Å². The number of piperidine rings is 1. The van der Waals surface area contributed by atoms with Crippen molar-refractivity contribution in [2.75, 3.05) is 13.1 Å². The van der Waals surface area contributed by atoms with Crippen molar-refractivity contribution in [2.24, 2.45) is 0 Å². The number of rotatable bonds is 2. The molecule has 2 aromatic heterocycles. The van der Waals surface area contributed by atoms with Crippen LogP contribution in [0.4, 0.5) is 4.39 Å². The minimum absolute atomic E-state index is 0.107. The summed E-state index contributed by atoms with van der Waals surface area (Å²) < 4.78 is 19.3.